The lowest BCUT2D eigenvalue weighted by atomic mass is 9.93. The smallest absolute Gasteiger partial charge is 0.330 e. The fourth-order valence-corrected chi connectivity index (χ4v) is 3.78. The summed E-state index contributed by atoms with van der Waals surface area (Å²) in [5.74, 6) is -1.90. The highest BCUT2D eigenvalue weighted by atomic mass is 32.2. The molecule has 0 saturated carbocycles. The summed E-state index contributed by atoms with van der Waals surface area (Å²) in [6, 6.07) is 4.40. The summed E-state index contributed by atoms with van der Waals surface area (Å²) in [6.07, 6.45) is -4.03. The summed E-state index contributed by atoms with van der Waals surface area (Å²) in [4.78, 5) is 12.1. The molecule has 2 rings (SSSR count). The van der Waals surface area contributed by atoms with Gasteiger partial charge in [-0.05, 0) is 41.5 Å². The Morgan fingerprint density at radius 3 is 2.42 bits per heavy atom. The van der Waals surface area contributed by atoms with Gasteiger partial charge in [0, 0.05) is 19.6 Å². The van der Waals surface area contributed by atoms with E-state index in [2.05, 4.69) is 4.72 Å². The van der Waals surface area contributed by atoms with Gasteiger partial charge in [0.2, 0.25) is 10.0 Å². The third-order valence-electron chi connectivity index (χ3n) is 4.20. The minimum atomic E-state index is -4.93. The van der Waals surface area contributed by atoms with E-state index in [4.69, 9.17) is 0 Å². The van der Waals surface area contributed by atoms with E-state index in [1.165, 1.54) is 12.1 Å². The molecule has 5 nitrogen and oxygen atoms in total. The minimum absolute atomic E-state index is 0.00790. The van der Waals surface area contributed by atoms with Gasteiger partial charge in [0.05, 0.1) is 4.90 Å². The fraction of sp³-hybridized carbons (Fsp3) is 0.588. The highest BCUT2D eigenvalue weighted by Crippen LogP contribution is 2.26. The van der Waals surface area contributed by atoms with Crippen molar-refractivity contribution < 1.29 is 26.4 Å². The van der Waals surface area contributed by atoms with Crippen LogP contribution in [0.4, 0.5) is 13.2 Å². The van der Waals surface area contributed by atoms with Gasteiger partial charge in [0.1, 0.15) is 0 Å². The Morgan fingerprint density at radius 1 is 1.19 bits per heavy atom. The summed E-state index contributed by atoms with van der Waals surface area (Å²) in [5, 5.41) is 0. The van der Waals surface area contributed by atoms with Gasteiger partial charge >= 0.3 is 12.1 Å². The topological polar surface area (TPSA) is 66.5 Å². The molecular formula is C17H23F3N2O3S. The number of hydrogen-bond acceptors (Lipinski definition) is 3. The van der Waals surface area contributed by atoms with Gasteiger partial charge in [0.25, 0.3) is 0 Å². The maximum absolute atomic E-state index is 12.6. The van der Waals surface area contributed by atoms with Gasteiger partial charge in [-0.15, -0.1) is 0 Å². The predicted octanol–water partition coefficient (Wildman–Crippen LogP) is 2.85. The van der Waals surface area contributed by atoms with Crippen LogP contribution >= 0.6 is 0 Å². The first-order valence-corrected chi connectivity index (χ1v) is 9.75. The summed E-state index contributed by atoms with van der Waals surface area (Å²) in [5.41, 5.74) is 1.15. The average Bonchev–Trinajstić information content (AvgIpc) is 2.50. The first-order chi connectivity index (χ1) is 11.8. The number of rotatable bonds is 4. The van der Waals surface area contributed by atoms with Crippen molar-refractivity contribution in [3.63, 3.8) is 0 Å². The van der Waals surface area contributed by atoms with E-state index >= 15 is 0 Å². The second-order valence-electron chi connectivity index (χ2n) is 7.61. The zero-order valence-electron chi connectivity index (χ0n) is 15.0. The minimum Gasteiger partial charge on any atom is -0.330 e. The van der Waals surface area contributed by atoms with Crippen LogP contribution in [-0.2, 0) is 27.8 Å². The Balaban J connectivity index is 2.16. The molecule has 146 valence electrons. The molecule has 1 aliphatic rings. The number of fused-ring (bicyclic) bond motifs is 1. The summed E-state index contributed by atoms with van der Waals surface area (Å²) in [7, 11) is -3.76. The van der Waals surface area contributed by atoms with Crippen LogP contribution < -0.4 is 4.72 Å². The van der Waals surface area contributed by atoms with Crippen molar-refractivity contribution in [2.45, 2.75) is 51.2 Å². The molecule has 1 heterocycles. The molecule has 0 aliphatic carbocycles. The van der Waals surface area contributed by atoms with Gasteiger partial charge in [-0.2, -0.15) is 13.2 Å². The fourth-order valence-electron chi connectivity index (χ4n) is 2.70. The lowest BCUT2D eigenvalue weighted by Crippen LogP contribution is -2.43. The lowest BCUT2D eigenvalue weighted by Gasteiger charge is -2.29. The molecule has 1 amide bonds. The number of nitrogens with zero attached hydrogens (tertiary/aromatic N) is 1. The number of carbonyl (C=O) groups excluding carboxylic acids is 1. The van der Waals surface area contributed by atoms with E-state index in [1.807, 2.05) is 20.8 Å². The van der Waals surface area contributed by atoms with Gasteiger partial charge in [-0.3, -0.25) is 4.79 Å². The number of alkyl halides is 3. The summed E-state index contributed by atoms with van der Waals surface area (Å²) in [6.45, 7) is 5.95. The average molecular weight is 392 g/mol. The molecular weight excluding hydrogens is 369 g/mol. The van der Waals surface area contributed by atoms with E-state index in [0.29, 0.717) is 16.9 Å². The Hall–Kier alpha value is -1.61. The van der Waals surface area contributed by atoms with Crippen molar-refractivity contribution in [1.29, 1.82) is 0 Å². The van der Waals surface area contributed by atoms with Gasteiger partial charge < -0.3 is 4.90 Å². The van der Waals surface area contributed by atoms with Crippen LogP contribution in [0.3, 0.4) is 0 Å². The number of nitrogens with one attached hydrogen (secondary N) is 1. The molecule has 1 aromatic carbocycles. The number of amides is 1. The number of sulfonamides is 1. The number of benzene rings is 1. The summed E-state index contributed by atoms with van der Waals surface area (Å²) < 4.78 is 65.2. The van der Waals surface area contributed by atoms with E-state index in [-0.39, 0.29) is 36.4 Å². The van der Waals surface area contributed by atoms with Crippen LogP contribution in [0.15, 0.2) is 23.1 Å². The number of halogens is 3. The standard InChI is InChI=1S/C17H23F3N2O3S/c1-16(2,3)7-8-21-26(24,25)14-5-4-12-6-9-22(11-13(12)10-14)15(23)17(18,19)20/h4-5,10,21H,6-9,11H2,1-3H3. The first kappa shape index (κ1) is 20.7. The molecule has 1 aromatic rings. The first-order valence-electron chi connectivity index (χ1n) is 8.27. The Bertz CT molecular complexity index is 783. The van der Waals surface area contributed by atoms with E-state index in [0.717, 1.165) is 5.56 Å². The van der Waals surface area contributed by atoms with Gasteiger partial charge in [0.15, 0.2) is 0 Å². The Labute approximate surface area is 151 Å². The maximum atomic E-state index is 12.6. The summed E-state index contributed by atoms with van der Waals surface area (Å²) >= 11 is 0. The van der Waals surface area contributed by atoms with Crippen LogP contribution in [0.5, 0.6) is 0 Å². The highest BCUT2D eigenvalue weighted by molar-refractivity contribution is 7.89. The van der Waals surface area contributed by atoms with Crippen LogP contribution in [0, 0.1) is 5.41 Å². The molecule has 1 N–H and O–H groups in total. The second-order valence-corrected chi connectivity index (χ2v) is 9.38. The molecule has 0 saturated heterocycles. The van der Waals surface area contributed by atoms with Crippen molar-refractivity contribution in [3.8, 4) is 0 Å². The van der Waals surface area contributed by atoms with E-state index < -0.39 is 22.1 Å². The molecule has 0 fully saturated rings. The molecule has 0 radical (unpaired) electrons. The molecule has 26 heavy (non-hydrogen) atoms. The molecule has 0 unspecified atom stereocenters. The van der Waals surface area contributed by atoms with E-state index in [9.17, 15) is 26.4 Å². The van der Waals surface area contributed by atoms with Crippen molar-refractivity contribution in [2.75, 3.05) is 13.1 Å². The normalized spacial score (nSPS) is 15.7. The van der Waals surface area contributed by atoms with Crippen molar-refractivity contribution in [1.82, 2.24) is 9.62 Å². The lowest BCUT2D eigenvalue weighted by molar-refractivity contribution is -0.186. The quantitative estimate of drug-likeness (QED) is 0.857. The molecule has 0 bridgehead atoms. The van der Waals surface area contributed by atoms with Crippen molar-refractivity contribution >= 4 is 15.9 Å². The Morgan fingerprint density at radius 2 is 1.85 bits per heavy atom. The van der Waals surface area contributed by atoms with Crippen LogP contribution in [-0.4, -0.2) is 38.5 Å². The van der Waals surface area contributed by atoms with Crippen molar-refractivity contribution in [3.05, 3.63) is 29.3 Å². The van der Waals surface area contributed by atoms with Gasteiger partial charge in [-0.1, -0.05) is 26.8 Å². The maximum Gasteiger partial charge on any atom is 0.471 e. The van der Waals surface area contributed by atoms with Crippen LogP contribution in [0.1, 0.15) is 38.3 Å². The van der Waals surface area contributed by atoms with Gasteiger partial charge in [-0.25, -0.2) is 13.1 Å². The molecule has 0 spiro atoms. The van der Waals surface area contributed by atoms with Crippen molar-refractivity contribution in [2.24, 2.45) is 5.41 Å². The predicted molar refractivity (Wildman–Crippen MR) is 90.9 cm³/mol. The zero-order chi connectivity index (χ0) is 19.8. The molecule has 0 atom stereocenters. The molecule has 0 aromatic heterocycles. The zero-order valence-corrected chi connectivity index (χ0v) is 15.8. The monoisotopic (exact) mass is 392 g/mol. The largest absolute Gasteiger partial charge is 0.471 e. The third kappa shape index (κ3) is 5.20. The van der Waals surface area contributed by atoms with Crippen LogP contribution in [0.25, 0.3) is 0 Å². The molecule has 9 heteroatoms. The Kier molecular flexibility index (Phi) is 5.72. The van der Waals surface area contributed by atoms with Crippen LogP contribution in [0.2, 0.25) is 0 Å². The number of hydrogen-bond donors (Lipinski definition) is 1. The SMILES string of the molecule is CC(C)(C)CCNS(=O)(=O)c1ccc2c(c1)CN(C(=O)C(F)(F)F)CC2. The molecule has 1 aliphatic heterocycles. The van der Waals surface area contributed by atoms with E-state index in [1.54, 1.807) is 6.07 Å². The third-order valence-corrected chi connectivity index (χ3v) is 5.66. The highest BCUT2D eigenvalue weighted by Gasteiger charge is 2.43. The number of carbonyl (C=O) groups is 1. The second kappa shape index (κ2) is 7.19.